The van der Waals surface area contributed by atoms with E-state index in [1.807, 2.05) is 0 Å². The van der Waals surface area contributed by atoms with Crippen LogP contribution in [0, 0.1) is 5.82 Å². The van der Waals surface area contributed by atoms with E-state index in [0.29, 0.717) is 6.54 Å². The monoisotopic (exact) mass is 343 g/mol. The quantitative estimate of drug-likeness (QED) is 0.822. The van der Waals surface area contributed by atoms with E-state index in [2.05, 4.69) is 9.82 Å². The summed E-state index contributed by atoms with van der Waals surface area (Å²) in [5, 5.41) is 4.00. The van der Waals surface area contributed by atoms with E-state index in [4.69, 9.17) is 9.47 Å². The van der Waals surface area contributed by atoms with Crippen LogP contribution in [0.3, 0.4) is 0 Å². The number of methoxy groups -OCH3 is 2. The van der Waals surface area contributed by atoms with Crippen molar-refractivity contribution < 1.29 is 22.3 Å². The Balaban J connectivity index is 2.25. The molecule has 0 saturated carbocycles. The number of benzene rings is 1. The molecule has 1 aromatic carbocycles. The van der Waals surface area contributed by atoms with Crippen LogP contribution in [-0.2, 0) is 16.6 Å². The fourth-order valence-corrected chi connectivity index (χ4v) is 3.41. The highest BCUT2D eigenvalue weighted by atomic mass is 32.2. The molecule has 23 heavy (non-hydrogen) atoms. The fraction of sp³-hybridized carbons (Fsp3) is 0.357. The zero-order valence-electron chi connectivity index (χ0n) is 13.0. The molecule has 0 saturated heterocycles. The van der Waals surface area contributed by atoms with Crippen molar-refractivity contribution in [3.63, 3.8) is 0 Å². The summed E-state index contributed by atoms with van der Waals surface area (Å²) in [6.07, 6.45) is 3.30. The van der Waals surface area contributed by atoms with E-state index in [9.17, 15) is 12.8 Å². The van der Waals surface area contributed by atoms with Crippen molar-refractivity contribution in [1.82, 2.24) is 14.5 Å². The Labute approximate surface area is 134 Å². The summed E-state index contributed by atoms with van der Waals surface area (Å²) in [5.74, 6) is -0.663. The molecule has 2 rings (SSSR count). The smallest absolute Gasteiger partial charge is 0.243 e. The van der Waals surface area contributed by atoms with Gasteiger partial charge in [0.05, 0.1) is 20.8 Å². The first kappa shape index (κ1) is 17.2. The van der Waals surface area contributed by atoms with Crippen LogP contribution in [0.25, 0.3) is 0 Å². The number of aromatic nitrogens is 2. The van der Waals surface area contributed by atoms with Crippen LogP contribution in [0.5, 0.6) is 11.5 Å². The number of rotatable bonds is 7. The van der Waals surface area contributed by atoms with Gasteiger partial charge >= 0.3 is 0 Å². The van der Waals surface area contributed by atoms with Gasteiger partial charge in [-0.25, -0.2) is 17.5 Å². The third-order valence-electron chi connectivity index (χ3n) is 3.10. The first-order valence-corrected chi connectivity index (χ1v) is 8.27. The average molecular weight is 343 g/mol. The van der Waals surface area contributed by atoms with E-state index < -0.39 is 26.8 Å². The van der Waals surface area contributed by atoms with Crippen molar-refractivity contribution in [3.05, 3.63) is 36.4 Å². The molecule has 1 aromatic heterocycles. The maximum absolute atomic E-state index is 14.1. The van der Waals surface area contributed by atoms with Crippen molar-refractivity contribution in [1.29, 1.82) is 0 Å². The molecule has 0 aliphatic heterocycles. The Morgan fingerprint density at radius 2 is 1.96 bits per heavy atom. The number of ether oxygens (including phenoxy) is 2. The summed E-state index contributed by atoms with van der Waals surface area (Å²) in [6, 6.07) is 3.32. The van der Waals surface area contributed by atoms with Gasteiger partial charge in [0.15, 0.2) is 11.5 Å². The Morgan fingerprint density at radius 3 is 2.52 bits per heavy atom. The molecular formula is C14H18FN3O4S. The Kier molecular flexibility index (Phi) is 5.22. The van der Waals surface area contributed by atoms with Gasteiger partial charge in [0.1, 0.15) is 10.7 Å². The van der Waals surface area contributed by atoms with E-state index in [0.717, 1.165) is 12.1 Å². The molecule has 0 aliphatic carbocycles. The van der Waals surface area contributed by atoms with Gasteiger partial charge in [-0.05, 0) is 13.0 Å². The molecule has 0 radical (unpaired) electrons. The normalized spacial score (nSPS) is 12.9. The van der Waals surface area contributed by atoms with E-state index >= 15 is 0 Å². The lowest BCUT2D eigenvalue weighted by Gasteiger charge is -2.16. The maximum Gasteiger partial charge on any atom is 0.243 e. The average Bonchev–Trinajstić information content (AvgIpc) is 2.98. The molecule has 0 aliphatic rings. The van der Waals surface area contributed by atoms with Gasteiger partial charge in [0.25, 0.3) is 0 Å². The second-order valence-electron chi connectivity index (χ2n) is 4.89. The largest absolute Gasteiger partial charge is 0.493 e. The second kappa shape index (κ2) is 6.97. The molecule has 9 heteroatoms. The highest BCUT2D eigenvalue weighted by Crippen LogP contribution is 2.31. The zero-order chi connectivity index (χ0) is 17.0. The topological polar surface area (TPSA) is 82.5 Å². The Morgan fingerprint density at radius 1 is 1.30 bits per heavy atom. The zero-order valence-corrected chi connectivity index (χ0v) is 13.8. The molecule has 0 bridgehead atoms. The van der Waals surface area contributed by atoms with Gasteiger partial charge in [-0.1, -0.05) is 0 Å². The minimum atomic E-state index is -4.05. The van der Waals surface area contributed by atoms with Crippen LogP contribution in [0.2, 0.25) is 0 Å². The number of nitrogens with zero attached hydrogens (tertiary/aromatic N) is 2. The number of nitrogens with one attached hydrogen (secondary N) is 1. The summed E-state index contributed by atoms with van der Waals surface area (Å²) in [6.45, 7) is 1.99. The Hall–Kier alpha value is -2.13. The maximum atomic E-state index is 14.1. The number of sulfonamides is 1. The predicted molar refractivity (Wildman–Crippen MR) is 81.5 cm³/mol. The molecular weight excluding hydrogens is 325 g/mol. The third-order valence-corrected chi connectivity index (χ3v) is 4.71. The van der Waals surface area contributed by atoms with Gasteiger partial charge < -0.3 is 9.47 Å². The molecule has 0 spiro atoms. The molecule has 0 unspecified atom stereocenters. The molecule has 1 atom stereocenters. The fourth-order valence-electron chi connectivity index (χ4n) is 2.10. The first-order chi connectivity index (χ1) is 10.9. The van der Waals surface area contributed by atoms with Crippen LogP contribution in [-0.4, -0.2) is 38.5 Å². The number of hydrogen-bond donors (Lipinski definition) is 1. The van der Waals surface area contributed by atoms with Crippen molar-refractivity contribution in [3.8, 4) is 11.5 Å². The van der Waals surface area contributed by atoms with E-state index in [1.54, 1.807) is 30.1 Å². The Bertz CT molecular complexity index is 763. The van der Waals surface area contributed by atoms with Gasteiger partial charge in [-0.2, -0.15) is 5.10 Å². The molecule has 0 amide bonds. The summed E-state index contributed by atoms with van der Waals surface area (Å²) in [5.41, 5.74) is 0. The summed E-state index contributed by atoms with van der Waals surface area (Å²) in [4.78, 5) is -0.498. The first-order valence-electron chi connectivity index (χ1n) is 6.78. The molecule has 126 valence electrons. The SMILES string of the molecule is COc1cc(F)c(S(=O)(=O)N[C@@H](C)Cn2cccn2)cc1OC. The summed E-state index contributed by atoms with van der Waals surface area (Å²) in [7, 11) is -1.36. The lowest BCUT2D eigenvalue weighted by Crippen LogP contribution is -2.36. The predicted octanol–water partition coefficient (Wildman–Crippen LogP) is 1.41. The molecule has 1 N–H and O–H groups in total. The lowest BCUT2D eigenvalue weighted by atomic mass is 10.3. The van der Waals surface area contributed by atoms with Crippen molar-refractivity contribution in [2.24, 2.45) is 0 Å². The standard InChI is InChI=1S/C14H18FN3O4S/c1-10(9-18-6-4-5-16-18)17-23(19,20)14-8-13(22-3)12(21-2)7-11(14)15/h4-8,10,17H,9H2,1-3H3/t10-/m0/s1. The molecule has 7 nitrogen and oxygen atoms in total. The second-order valence-corrected chi connectivity index (χ2v) is 6.57. The highest BCUT2D eigenvalue weighted by molar-refractivity contribution is 7.89. The van der Waals surface area contributed by atoms with Crippen LogP contribution in [0.1, 0.15) is 6.92 Å². The minimum absolute atomic E-state index is 0.119. The van der Waals surface area contributed by atoms with Gasteiger partial charge in [0, 0.05) is 30.6 Å². The molecule has 1 heterocycles. The van der Waals surface area contributed by atoms with Gasteiger partial charge in [-0.15, -0.1) is 0 Å². The third kappa shape index (κ3) is 3.99. The number of hydrogen-bond acceptors (Lipinski definition) is 5. The van der Waals surface area contributed by atoms with Gasteiger partial charge in [-0.3, -0.25) is 4.68 Å². The van der Waals surface area contributed by atoms with Crippen LogP contribution in [0.4, 0.5) is 4.39 Å². The molecule has 0 fully saturated rings. The van der Waals surface area contributed by atoms with Crippen molar-refractivity contribution in [2.75, 3.05) is 14.2 Å². The molecule has 2 aromatic rings. The van der Waals surface area contributed by atoms with Crippen molar-refractivity contribution in [2.45, 2.75) is 24.4 Å². The van der Waals surface area contributed by atoms with Crippen LogP contribution in [0.15, 0.2) is 35.5 Å². The van der Waals surface area contributed by atoms with Crippen molar-refractivity contribution >= 4 is 10.0 Å². The van der Waals surface area contributed by atoms with Gasteiger partial charge in [0.2, 0.25) is 10.0 Å². The lowest BCUT2D eigenvalue weighted by molar-refractivity contribution is 0.350. The van der Waals surface area contributed by atoms with Crippen LogP contribution >= 0.6 is 0 Å². The van der Waals surface area contributed by atoms with E-state index in [1.165, 1.54) is 14.2 Å². The summed E-state index contributed by atoms with van der Waals surface area (Å²) >= 11 is 0. The van der Waals surface area contributed by atoms with Crippen LogP contribution < -0.4 is 14.2 Å². The summed E-state index contributed by atoms with van der Waals surface area (Å²) < 4.78 is 52.8. The van der Waals surface area contributed by atoms with E-state index in [-0.39, 0.29) is 11.5 Å². The number of halogens is 1. The highest BCUT2D eigenvalue weighted by Gasteiger charge is 2.24. The minimum Gasteiger partial charge on any atom is -0.493 e.